The molecule has 0 fully saturated rings. The van der Waals surface area contributed by atoms with Crippen molar-refractivity contribution >= 4 is 5.78 Å². The summed E-state index contributed by atoms with van der Waals surface area (Å²) in [5.41, 5.74) is 0. The summed E-state index contributed by atoms with van der Waals surface area (Å²) in [5.74, 6) is 0.574. The molecule has 0 aromatic heterocycles. The third kappa shape index (κ3) is 26.9. The van der Waals surface area contributed by atoms with E-state index in [0.717, 1.165) is 12.8 Å². The van der Waals surface area contributed by atoms with Gasteiger partial charge in [0, 0.05) is 19.4 Å². The van der Waals surface area contributed by atoms with E-state index in [-0.39, 0.29) is 18.1 Å². The summed E-state index contributed by atoms with van der Waals surface area (Å²) in [6.45, 7) is 11.8. The van der Waals surface area contributed by atoms with Gasteiger partial charge in [-0.2, -0.15) is 0 Å². The molecule has 0 aliphatic heterocycles. The fourth-order valence-corrected chi connectivity index (χ4v) is 0.718. The highest BCUT2D eigenvalue weighted by Gasteiger charge is 2.00. The zero-order chi connectivity index (χ0) is 15.8. The van der Waals surface area contributed by atoms with Crippen LogP contribution in [0.1, 0.15) is 60.8 Å². The summed E-state index contributed by atoms with van der Waals surface area (Å²) in [5, 5.41) is 17.1. The Morgan fingerprint density at radius 3 is 1.53 bits per heavy atom. The number of Topliss-reactive ketones (excluding diaryl/α,β-unsaturated/α-hetero) is 1. The Labute approximate surface area is 119 Å². The van der Waals surface area contributed by atoms with Crippen molar-refractivity contribution in [2.75, 3.05) is 13.7 Å². The fourth-order valence-electron chi connectivity index (χ4n) is 0.718. The quantitative estimate of drug-likeness (QED) is 0.784. The number of aliphatic hydroxyl groups is 2. The molecule has 0 aromatic rings. The van der Waals surface area contributed by atoms with Crippen LogP contribution in [0.2, 0.25) is 0 Å². The first-order chi connectivity index (χ1) is 8.76. The molecule has 0 saturated carbocycles. The van der Waals surface area contributed by atoms with Crippen molar-refractivity contribution < 1.29 is 19.7 Å². The predicted molar refractivity (Wildman–Crippen MR) is 80.3 cm³/mol. The number of rotatable bonds is 6. The molecule has 0 radical (unpaired) electrons. The molecule has 0 spiro atoms. The molecule has 2 atom stereocenters. The van der Waals surface area contributed by atoms with E-state index in [1.807, 2.05) is 34.6 Å². The normalized spacial score (nSPS) is 12.7. The van der Waals surface area contributed by atoms with Crippen molar-refractivity contribution in [1.29, 1.82) is 0 Å². The monoisotopic (exact) mass is 278 g/mol. The second-order valence-electron chi connectivity index (χ2n) is 4.75. The lowest BCUT2D eigenvalue weighted by Gasteiger charge is -2.02. The van der Waals surface area contributed by atoms with Gasteiger partial charge in [0.2, 0.25) is 0 Å². The van der Waals surface area contributed by atoms with E-state index in [9.17, 15) is 4.79 Å². The zero-order valence-corrected chi connectivity index (χ0v) is 13.8. The van der Waals surface area contributed by atoms with Gasteiger partial charge in [-0.15, -0.1) is 0 Å². The van der Waals surface area contributed by atoms with Gasteiger partial charge in [0.25, 0.3) is 0 Å². The first-order valence-electron chi connectivity index (χ1n) is 7.14. The second-order valence-corrected chi connectivity index (χ2v) is 4.75. The Morgan fingerprint density at radius 1 is 1.05 bits per heavy atom. The van der Waals surface area contributed by atoms with Crippen LogP contribution in [0.25, 0.3) is 0 Å². The maximum absolute atomic E-state index is 10.5. The minimum atomic E-state index is -0.273. The van der Waals surface area contributed by atoms with Crippen LogP contribution in [0.4, 0.5) is 0 Å². The highest BCUT2D eigenvalue weighted by molar-refractivity contribution is 5.79. The summed E-state index contributed by atoms with van der Waals surface area (Å²) in [4.78, 5) is 10.5. The van der Waals surface area contributed by atoms with E-state index in [4.69, 9.17) is 10.2 Å². The lowest BCUT2D eigenvalue weighted by molar-refractivity contribution is -0.121. The molecule has 2 unspecified atom stereocenters. The Kier molecular flexibility index (Phi) is 21.8. The second kappa shape index (κ2) is 17.6. The molecular weight excluding hydrogens is 244 g/mol. The zero-order valence-electron chi connectivity index (χ0n) is 13.8. The number of carbonyl (C=O) groups is 1. The Morgan fingerprint density at radius 2 is 1.47 bits per heavy atom. The van der Waals surface area contributed by atoms with Crippen LogP contribution in [0.3, 0.4) is 0 Å². The van der Waals surface area contributed by atoms with Crippen molar-refractivity contribution in [2.24, 2.45) is 5.92 Å². The first kappa shape index (κ1) is 23.6. The molecule has 19 heavy (non-hydrogen) atoms. The lowest BCUT2D eigenvalue weighted by Crippen LogP contribution is -2.11. The van der Waals surface area contributed by atoms with Crippen molar-refractivity contribution in [3.63, 3.8) is 0 Å². The van der Waals surface area contributed by atoms with Gasteiger partial charge in [-0.25, -0.2) is 0 Å². The van der Waals surface area contributed by atoms with Crippen molar-refractivity contribution in [3.05, 3.63) is 0 Å². The number of aliphatic hydroxyl groups excluding tert-OH is 2. The third-order valence-corrected chi connectivity index (χ3v) is 2.41. The molecule has 0 aliphatic carbocycles. The van der Waals surface area contributed by atoms with Crippen LogP contribution in [0.5, 0.6) is 0 Å². The topological polar surface area (TPSA) is 66.8 Å². The maximum Gasteiger partial charge on any atom is 0.135 e. The first-order valence-corrected chi connectivity index (χ1v) is 7.14. The van der Waals surface area contributed by atoms with Gasteiger partial charge in [0.05, 0.1) is 18.8 Å². The van der Waals surface area contributed by atoms with E-state index >= 15 is 0 Å². The maximum atomic E-state index is 10.5. The van der Waals surface area contributed by atoms with Gasteiger partial charge in [0.15, 0.2) is 0 Å². The molecule has 0 amide bonds. The van der Waals surface area contributed by atoms with Crippen LogP contribution in [-0.4, -0.2) is 41.9 Å². The van der Waals surface area contributed by atoms with Gasteiger partial charge in [-0.05, 0) is 19.8 Å². The summed E-state index contributed by atoms with van der Waals surface area (Å²) >= 11 is 0. The molecular formula is C15H34O4. The largest absolute Gasteiger partial charge is 0.393 e. The highest BCUT2D eigenvalue weighted by Crippen LogP contribution is 1.95. The van der Waals surface area contributed by atoms with Gasteiger partial charge in [-0.3, -0.25) is 4.79 Å². The van der Waals surface area contributed by atoms with Crippen LogP contribution in [0.15, 0.2) is 0 Å². The van der Waals surface area contributed by atoms with Gasteiger partial charge >= 0.3 is 0 Å². The molecule has 118 valence electrons. The molecule has 0 rings (SSSR count). The molecule has 4 heteroatoms. The smallest absolute Gasteiger partial charge is 0.135 e. The summed E-state index contributed by atoms with van der Waals surface area (Å²) in [6.07, 6.45) is 1.92. The van der Waals surface area contributed by atoms with Gasteiger partial charge in [-0.1, -0.05) is 34.6 Å². The van der Waals surface area contributed by atoms with Gasteiger partial charge < -0.3 is 14.9 Å². The number of methoxy groups -OCH3 is 1. The van der Waals surface area contributed by atoms with Gasteiger partial charge in [0.1, 0.15) is 5.78 Å². The number of carbonyl (C=O) groups excluding carboxylic acids is 1. The van der Waals surface area contributed by atoms with Crippen molar-refractivity contribution in [2.45, 2.75) is 73.0 Å². The summed E-state index contributed by atoms with van der Waals surface area (Å²) < 4.78 is 4.64. The Hall–Kier alpha value is -0.450. The SMILES string of the molecule is CCC(=O)C(C)C.CCC(C)O.CCC(O)COC. The fraction of sp³-hybridized carbons (Fsp3) is 0.933. The van der Waals surface area contributed by atoms with Crippen molar-refractivity contribution in [3.8, 4) is 0 Å². The van der Waals surface area contributed by atoms with Crippen LogP contribution in [0, 0.1) is 5.92 Å². The predicted octanol–water partition coefficient (Wildman–Crippen LogP) is 2.80. The Bertz CT molecular complexity index is 179. The van der Waals surface area contributed by atoms with E-state index in [2.05, 4.69) is 4.74 Å². The molecule has 0 saturated heterocycles. The number of hydrogen-bond donors (Lipinski definition) is 2. The van der Waals surface area contributed by atoms with Crippen LogP contribution >= 0.6 is 0 Å². The molecule has 4 nitrogen and oxygen atoms in total. The Balaban J connectivity index is -0.000000206. The van der Waals surface area contributed by atoms with Crippen LogP contribution < -0.4 is 0 Å². The molecule has 2 N–H and O–H groups in total. The number of hydrogen-bond acceptors (Lipinski definition) is 4. The van der Waals surface area contributed by atoms with E-state index < -0.39 is 0 Å². The van der Waals surface area contributed by atoms with E-state index in [0.29, 0.717) is 18.8 Å². The lowest BCUT2D eigenvalue weighted by atomic mass is 10.1. The van der Waals surface area contributed by atoms with Crippen molar-refractivity contribution in [1.82, 2.24) is 0 Å². The molecule has 0 heterocycles. The number of ether oxygens (including phenoxy) is 1. The average molecular weight is 278 g/mol. The van der Waals surface area contributed by atoms with Crippen LogP contribution in [-0.2, 0) is 9.53 Å². The summed E-state index contributed by atoms with van der Waals surface area (Å²) in [7, 11) is 1.58. The third-order valence-electron chi connectivity index (χ3n) is 2.41. The average Bonchev–Trinajstić information content (AvgIpc) is 2.39. The van der Waals surface area contributed by atoms with E-state index in [1.165, 1.54) is 0 Å². The summed E-state index contributed by atoms with van der Waals surface area (Å²) in [6, 6.07) is 0. The highest BCUT2D eigenvalue weighted by atomic mass is 16.5. The molecule has 0 bridgehead atoms. The number of ketones is 1. The molecule has 0 aromatic carbocycles. The minimum absolute atomic E-state index is 0.116. The standard InChI is InChI=1S/C6H12O.C5H12O2.C4H10O/c1-4-6(7)5(2)3;1-3-5(6)4-7-2;1-3-4(2)5/h5H,4H2,1-3H3;5-6H,3-4H2,1-2H3;4-5H,3H2,1-2H3. The molecule has 0 aliphatic rings. The van der Waals surface area contributed by atoms with E-state index in [1.54, 1.807) is 14.0 Å². The minimum Gasteiger partial charge on any atom is -0.393 e.